The van der Waals surface area contributed by atoms with Gasteiger partial charge < -0.3 is 20.1 Å². The normalized spacial score (nSPS) is 10.2. The van der Waals surface area contributed by atoms with Gasteiger partial charge in [0.05, 0.1) is 17.3 Å². The topological polar surface area (TPSA) is 78.9 Å². The van der Waals surface area contributed by atoms with E-state index in [1.165, 1.54) is 19.2 Å². The first kappa shape index (κ1) is 16.6. The molecule has 1 aromatic carbocycles. The molecule has 110 valence electrons. The van der Waals surface area contributed by atoms with Crippen LogP contribution in [0.4, 0.5) is 10.5 Å². The van der Waals surface area contributed by atoms with Crippen LogP contribution in [0.3, 0.4) is 0 Å². The molecular weight excluding hydrogens is 307 g/mol. The molecule has 0 aliphatic heterocycles. The third kappa shape index (κ3) is 5.24. The van der Waals surface area contributed by atoms with Crippen molar-refractivity contribution < 1.29 is 19.4 Å². The average Bonchev–Trinajstić information content (AvgIpc) is 2.38. The molecule has 0 radical (unpaired) electrons. The minimum Gasteiger partial charge on any atom is -0.480 e. The van der Waals surface area contributed by atoms with Crippen molar-refractivity contribution in [1.82, 2.24) is 4.90 Å². The van der Waals surface area contributed by atoms with Gasteiger partial charge in [0.25, 0.3) is 0 Å². The number of rotatable bonds is 6. The Morgan fingerprint density at radius 1 is 1.40 bits per heavy atom. The summed E-state index contributed by atoms with van der Waals surface area (Å²) in [6.45, 7) is -0.0653. The summed E-state index contributed by atoms with van der Waals surface area (Å²) in [4.78, 5) is 23.9. The highest BCUT2D eigenvalue weighted by Crippen LogP contribution is 2.25. The SMILES string of the molecule is COCCN(CC(=O)O)C(=O)Nc1cc(Cl)ccc1Cl. The first-order valence-corrected chi connectivity index (χ1v) is 6.41. The minimum absolute atomic E-state index is 0.146. The van der Waals surface area contributed by atoms with E-state index < -0.39 is 18.5 Å². The number of carboxylic acids is 1. The lowest BCUT2D eigenvalue weighted by Crippen LogP contribution is -2.40. The van der Waals surface area contributed by atoms with Crippen LogP contribution in [0.1, 0.15) is 0 Å². The number of nitrogens with one attached hydrogen (secondary N) is 1. The smallest absolute Gasteiger partial charge is 0.323 e. The molecule has 0 bridgehead atoms. The quantitative estimate of drug-likeness (QED) is 0.844. The predicted octanol–water partition coefficient (Wildman–Crippen LogP) is 2.56. The zero-order valence-electron chi connectivity index (χ0n) is 10.7. The van der Waals surface area contributed by atoms with Gasteiger partial charge >= 0.3 is 12.0 Å². The minimum atomic E-state index is -1.12. The van der Waals surface area contributed by atoms with Gasteiger partial charge in [-0.25, -0.2) is 4.79 Å². The number of halogens is 2. The van der Waals surface area contributed by atoms with Gasteiger partial charge in [0.2, 0.25) is 0 Å². The lowest BCUT2D eigenvalue weighted by atomic mass is 10.3. The van der Waals surface area contributed by atoms with E-state index in [4.69, 9.17) is 33.0 Å². The summed E-state index contributed by atoms with van der Waals surface area (Å²) >= 11 is 11.7. The van der Waals surface area contributed by atoms with Gasteiger partial charge in [-0.1, -0.05) is 23.2 Å². The fourth-order valence-corrected chi connectivity index (χ4v) is 1.74. The van der Waals surface area contributed by atoms with Gasteiger partial charge in [0.15, 0.2) is 0 Å². The maximum atomic E-state index is 12.0. The van der Waals surface area contributed by atoms with Gasteiger partial charge in [0.1, 0.15) is 6.54 Å². The van der Waals surface area contributed by atoms with E-state index in [-0.39, 0.29) is 13.2 Å². The number of hydrogen-bond acceptors (Lipinski definition) is 3. The maximum Gasteiger partial charge on any atom is 0.323 e. The Hall–Kier alpha value is -1.50. The lowest BCUT2D eigenvalue weighted by Gasteiger charge is -2.21. The fraction of sp³-hybridized carbons (Fsp3) is 0.333. The van der Waals surface area contributed by atoms with Crippen LogP contribution in [0.5, 0.6) is 0 Å². The van der Waals surface area contributed by atoms with E-state index in [0.717, 1.165) is 4.90 Å². The fourth-order valence-electron chi connectivity index (χ4n) is 1.40. The van der Waals surface area contributed by atoms with Gasteiger partial charge in [-0.15, -0.1) is 0 Å². The summed E-state index contributed by atoms with van der Waals surface area (Å²) in [7, 11) is 1.46. The molecule has 2 amide bonds. The molecular formula is C12H14Cl2N2O4. The van der Waals surface area contributed by atoms with Gasteiger partial charge in [-0.3, -0.25) is 4.79 Å². The third-order valence-electron chi connectivity index (χ3n) is 2.35. The van der Waals surface area contributed by atoms with Crippen molar-refractivity contribution in [1.29, 1.82) is 0 Å². The average molecular weight is 321 g/mol. The molecule has 1 rings (SSSR count). The molecule has 0 heterocycles. The van der Waals surface area contributed by atoms with Crippen molar-refractivity contribution in [2.24, 2.45) is 0 Å². The number of aliphatic carboxylic acids is 1. The van der Waals surface area contributed by atoms with Gasteiger partial charge in [-0.2, -0.15) is 0 Å². The monoisotopic (exact) mass is 320 g/mol. The standard InChI is InChI=1S/C12H14Cl2N2O4/c1-20-5-4-16(7-11(17)18)12(19)15-10-6-8(13)2-3-9(10)14/h2-3,6H,4-5,7H2,1H3,(H,15,19)(H,17,18). The lowest BCUT2D eigenvalue weighted by molar-refractivity contribution is -0.137. The second-order valence-corrected chi connectivity index (χ2v) is 4.71. The molecule has 0 aliphatic carbocycles. The number of ether oxygens (including phenoxy) is 1. The van der Waals surface area contributed by atoms with E-state index in [0.29, 0.717) is 15.7 Å². The molecule has 0 saturated heterocycles. The number of benzene rings is 1. The molecule has 0 aromatic heterocycles. The van der Waals surface area contributed by atoms with E-state index in [2.05, 4.69) is 5.32 Å². The number of methoxy groups -OCH3 is 1. The highest BCUT2D eigenvalue weighted by molar-refractivity contribution is 6.35. The Morgan fingerprint density at radius 3 is 2.70 bits per heavy atom. The van der Waals surface area contributed by atoms with Crippen molar-refractivity contribution in [3.63, 3.8) is 0 Å². The highest BCUT2D eigenvalue weighted by Gasteiger charge is 2.17. The molecule has 0 saturated carbocycles. The Morgan fingerprint density at radius 2 is 2.10 bits per heavy atom. The van der Waals surface area contributed by atoms with E-state index in [1.54, 1.807) is 6.07 Å². The first-order chi connectivity index (χ1) is 9.43. The van der Waals surface area contributed by atoms with E-state index in [9.17, 15) is 9.59 Å². The van der Waals surface area contributed by atoms with Gasteiger partial charge in [-0.05, 0) is 18.2 Å². The molecule has 0 spiro atoms. The Labute approximate surface area is 126 Å². The number of anilines is 1. The van der Waals surface area contributed by atoms with Crippen molar-refractivity contribution in [2.45, 2.75) is 0 Å². The molecule has 0 aliphatic rings. The maximum absolute atomic E-state index is 12.0. The summed E-state index contributed by atoms with van der Waals surface area (Å²) < 4.78 is 4.84. The van der Waals surface area contributed by atoms with Crippen LogP contribution in [0.25, 0.3) is 0 Å². The van der Waals surface area contributed by atoms with Gasteiger partial charge in [0, 0.05) is 18.7 Å². The largest absolute Gasteiger partial charge is 0.480 e. The van der Waals surface area contributed by atoms with Crippen molar-refractivity contribution >= 4 is 40.9 Å². The second kappa shape index (κ2) is 7.94. The van der Waals surface area contributed by atoms with Crippen molar-refractivity contribution in [3.05, 3.63) is 28.2 Å². The summed E-state index contributed by atoms with van der Waals surface area (Å²) in [6, 6.07) is 4.01. The molecule has 6 nitrogen and oxygen atoms in total. The van der Waals surface area contributed by atoms with Crippen LogP contribution in [-0.2, 0) is 9.53 Å². The van der Waals surface area contributed by atoms with E-state index >= 15 is 0 Å². The molecule has 0 fully saturated rings. The Kier molecular flexibility index (Phi) is 6.57. The molecule has 2 N–H and O–H groups in total. The first-order valence-electron chi connectivity index (χ1n) is 5.65. The zero-order valence-corrected chi connectivity index (χ0v) is 12.2. The van der Waals surface area contributed by atoms with Crippen molar-refractivity contribution in [2.75, 3.05) is 32.1 Å². The molecule has 0 unspecified atom stereocenters. The highest BCUT2D eigenvalue weighted by atomic mass is 35.5. The number of carbonyl (C=O) groups excluding carboxylic acids is 1. The Balaban J connectivity index is 2.78. The van der Waals surface area contributed by atoms with Crippen LogP contribution in [0, 0.1) is 0 Å². The number of hydrogen-bond donors (Lipinski definition) is 2. The number of nitrogens with zero attached hydrogens (tertiary/aromatic N) is 1. The molecule has 20 heavy (non-hydrogen) atoms. The van der Waals surface area contributed by atoms with Crippen LogP contribution in [0.2, 0.25) is 10.0 Å². The molecule has 0 atom stereocenters. The third-order valence-corrected chi connectivity index (χ3v) is 2.91. The second-order valence-electron chi connectivity index (χ2n) is 3.86. The van der Waals surface area contributed by atoms with Crippen molar-refractivity contribution in [3.8, 4) is 0 Å². The molecule has 8 heteroatoms. The van der Waals surface area contributed by atoms with E-state index in [1.807, 2.05) is 0 Å². The zero-order chi connectivity index (χ0) is 15.1. The summed E-state index contributed by atoms with van der Waals surface area (Å²) in [5.41, 5.74) is 0.317. The predicted molar refractivity (Wildman–Crippen MR) is 76.6 cm³/mol. The van der Waals surface area contributed by atoms with Crippen LogP contribution >= 0.6 is 23.2 Å². The Bertz CT molecular complexity index is 496. The van der Waals surface area contributed by atoms with Crippen LogP contribution < -0.4 is 5.32 Å². The van der Waals surface area contributed by atoms with Crippen LogP contribution in [0.15, 0.2) is 18.2 Å². The summed E-state index contributed by atoms with van der Waals surface area (Å²) in [6.07, 6.45) is 0. The number of urea groups is 1. The number of amides is 2. The number of carboxylic acid groups (broad SMARTS) is 1. The van der Waals surface area contributed by atoms with Crippen LogP contribution in [-0.4, -0.2) is 48.8 Å². The number of carbonyl (C=O) groups is 2. The molecule has 1 aromatic rings. The summed E-state index contributed by atoms with van der Waals surface area (Å²) in [5, 5.41) is 12.0. The summed E-state index contributed by atoms with van der Waals surface area (Å²) in [5.74, 6) is -1.12.